The Balaban J connectivity index is 2.67. The van der Waals surface area contributed by atoms with Crippen LogP contribution in [0.1, 0.15) is 5.69 Å². The highest BCUT2D eigenvalue weighted by atomic mass is 32.2. The van der Waals surface area contributed by atoms with Crippen LogP contribution in [0.5, 0.6) is 0 Å². The monoisotopic (exact) mass is 243 g/mol. The van der Waals surface area contributed by atoms with Crippen LogP contribution in [-0.4, -0.2) is 32.7 Å². The van der Waals surface area contributed by atoms with Gasteiger partial charge >= 0.3 is 0 Å². The number of anilines is 1. The Morgan fingerprint density at radius 3 is 3.07 bits per heavy atom. The molecule has 0 aliphatic heterocycles. The summed E-state index contributed by atoms with van der Waals surface area (Å²) in [5, 5.41) is 3.10. The minimum Gasteiger partial charge on any atom is -0.388 e. The third kappa shape index (κ3) is 3.93. The van der Waals surface area contributed by atoms with Gasteiger partial charge in [0.15, 0.2) is 0 Å². The van der Waals surface area contributed by atoms with Crippen LogP contribution < -0.4 is 11.1 Å². The zero-order valence-electron chi connectivity index (χ0n) is 8.40. The number of aromatic nitrogens is 1. The Labute approximate surface area is 96.7 Å². The number of hydrogen-bond donors (Lipinski definition) is 2. The molecule has 0 amide bonds. The summed E-state index contributed by atoms with van der Waals surface area (Å²) in [7, 11) is -0.804. The van der Waals surface area contributed by atoms with E-state index in [-0.39, 0.29) is 4.99 Å². The first-order chi connectivity index (χ1) is 7.11. The Kier molecular flexibility index (Phi) is 4.64. The lowest BCUT2D eigenvalue weighted by Crippen LogP contribution is -2.17. The van der Waals surface area contributed by atoms with Gasteiger partial charge in [0.1, 0.15) is 10.7 Å². The van der Waals surface area contributed by atoms with Crippen LogP contribution in [-0.2, 0) is 10.8 Å². The third-order valence-electron chi connectivity index (χ3n) is 1.75. The summed E-state index contributed by atoms with van der Waals surface area (Å²) in [6.45, 7) is 0.615. The molecule has 82 valence electrons. The van der Waals surface area contributed by atoms with Crippen LogP contribution in [0, 0.1) is 0 Å². The second-order valence-electron chi connectivity index (χ2n) is 2.97. The molecule has 0 saturated heterocycles. The molecular formula is C9H13N3OS2. The van der Waals surface area contributed by atoms with Crippen molar-refractivity contribution in [1.82, 2.24) is 4.98 Å². The van der Waals surface area contributed by atoms with Gasteiger partial charge in [-0.15, -0.1) is 0 Å². The maximum atomic E-state index is 10.9. The molecule has 0 fully saturated rings. The second-order valence-corrected chi connectivity index (χ2v) is 4.96. The lowest BCUT2D eigenvalue weighted by molar-refractivity contribution is 0.687. The molecule has 1 rings (SSSR count). The molecule has 0 radical (unpaired) electrons. The minimum atomic E-state index is -0.804. The van der Waals surface area contributed by atoms with Gasteiger partial charge in [-0.3, -0.25) is 9.19 Å². The Morgan fingerprint density at radius 1 is 1.73 bits per heavy atom. The lowest BCUT2D eigenvalue weighted by atomic mass is 10.3. The van der Waals surface area contributed by atoms with Crippen molar-refractivity contribution in [2.24, 2.45) is 5.73 Å². The number of pyridine rings is 1. The van der Waals surface area contributed by atoms with Gasteiger partial charge in [0.2, 0.25) is 0 Å². The number of nitrogens with one attached hydrogen (secondary N) is 1. The molecular weight excluding hydrogens is 230 g/mol. The van der Waals surface area contributed by atoms with E-state index < -0.39 is 10.8 Å². The Hall–Kier alpha value is -1.01. The van der Waals surface area contributed by atoms with Gasteiger partial charge in [-0.2, -0.15) is 0 Å². The number of thiocarbonyl (C=S) groups is 1. The van der Waals surface area contributed by atoms with Crippen molar-refractivity contribution in [2.75, 3.05) is 23.9 Å². The molecule has 0 aromatic carbocycles. The van der Waals surface area contributed by atoms with Crippen LogP contribution in [0.15, 0.2) is 18.3 Å². The first-order valence-electron chi connectivity index (χ1n) is 4.40. The summed E-state index contributed by atoms with van der Waals surface area (Å²) in [5.74, 6) is 0.589. The highest BCUT2D eigenvalue weighted by molar-refractivity contribution is 7.84. The fourth-order valence-electron chi connectivity index (χ4n) is 1.07. The van der Waals surface area contributed by atoms with Crippen molar-refractivity contribution < 1.29 is 4.21 Å². The van der Waals surface area contributed by atoms with Crippen LogP contribution in [0.25, 0.3) is 0 Å². The molecule has 1 heterocycles. The first kappa shape index (κ1) is 12.1. The maximum Gasteiger partial charge on any atom is 0.124 e. The average Bonchev–Trinajstić information content (AvgIpc) is 2.17. The van der Waals surface area contributed by atoms with Crippen molar-refractivity contribution >= 4 is 33.7 Å². The number of nitrogens with two attached hydrogens (primary N) is 1. The zero-order chi connectivity index (χ0) is 11.3. The predicted octanol–water partition coefficient (Wildman–Crippen LogP) is 0.506. The second kappa shape index (κ2) is 5.77. The molecule has 3 N–H and O–H groups in total. The maximum absolute atomic E-state index is 10.9. The molecule has 0 aliphatic carbocycles. The summed E-state index contributed by atoms with van der Waals surface area (Å²) in [6.07, 6.45) is 3.30. The molecule has 1 aromatic heterocycles. The first-order valence-corrected chi connectivity index (χ1v) is 6.53. The van der Waals surface area contributed by atoms with E-state index in [0.717, 1.165) is 5.69 Å². The molecule has 6 heteroatoms. The van der Waals surface area contributed by atoms with E-state index in [9.17, 15) is 4.21 Å². The summed E-state index contributed by atoms with van der Waals surface area (Å²) >= 11 is 4.87. The predicted molar refractivity (Wildman–Crippen MR) is 67.5 cm³/mol. The molecule has 1 aromatic rings. The van der Waals surface area contributed by atoms with Gasteiger partial charge in [0.25, 0.3) is 0 Å². The van der Waals surface area contributed by atoms with Crippen LogP contribution in [0.2, 0.25) is 0 Å². The summed E-state index contributed by atoms with van der Waals surface area (Å²) in [5.41, 5.74) is 6.88. The molecule has 0 bridgehead atoms. The average molecular weight is 243 g/mol. The van der Waals surface area contributed by atoms with Crippen molar-refractivity contribution in [3.05, 3.63) is 24.0 Å². The molecule has 15 heavy (non-hydrogen) atoms. The molecule has 1 atom stereocenters. The Bertz CT molecular complexity index is 381. The normalized spacial score (nSPS) is 12.1. The summed E-state index contributed by atoms with van der Waals surface area (Å²) in [6, 6.07) is 3.65. The van der Waals surface area contributed by atoms with E-state index in [1.165, 1.54) is 0 Å². The van der Waals surface area contributed by atoms with E-state index in [2.05, 4.69) is 10.3 Å². The molecule has 0 saturated carbocycles. The van der Waals surface area contributed by atoms with Crippen LogP contribution in [0.3, 0.4) is 0 Å². The standard InChI is InChI=1S/C9H13N3OS2/c1-15(13)6-5-11-7-3-2-4-12-8(7)9(10)14/h2-4,11H,5-6H2,1H3,(H2,10,14). The van der Waals surface area contributed by atoms with Crippen molar-refractivity contribution in [3.63, 3.8) is 0 Å². The van der Waals surface area contributed by atoms with Gasteiger partial charge in [-0.05, 0) is 12.1 Å². The van der Waals surface area contributed by atoms with Gasteiger partial charge in [0, 0.05) is 35.5 Å². The van der Waals surface area contributed by atoms with Gasteiger partial charge in [-0.1, -0.05) is 12.2 Å². The Morgan fingerprint density at radius 2 is 2.47 bits per heavy atom. The smallest absolute Gasteiger partial charge is 0.124 e. The van der Waals surface area contributed by atoms with E-state index in [0.29, 0.717) is 18.0 Å². The third-order valence-corrected chi connectivity index (χ3v) is 2.72. The van der Waals surface area contributed by atoms with Gasteiger partial charge in [-0.25, -0.2) is 0 Å². The van der Waals surface area contributed by atoms with Gasteiger partial charge < -0.3 is 11.1 Å². The molecule has 0 aliphatic rings. The number of rotatable bonds is 5. The molecule has 1 unspecified atom stereocenters. The largest absolute Gasteiger partial charge is 0.388 e. The van der Waals surface area contributed by atoms with Crippen LogP contribution >= 0.6 is 12.2 Å². The topological polar surface area (TPSA) is 68.0 Å². The van der Waals surface area contributed by atoms with Crippen molar-refractivity contribution in [1.29, 1.82) is 0 Å². The molecule has 0 spiro atoms. The van der Waals surface area contributed by atoms with Crippen molar-refractivity contribution in [2.45, 2.75) is 0 Å². The lowest BCUT2D eigenvalue weighted by Gasteiger charge is -2.08. The van der Waals surface area contributed by atoms with E-state index in [1.807, 2.05) is 6.07 Å². The minimum absolute atomic E-state index is 0.260. The van der Waals surface area contributed by atoms with E-state index in [1.54, 1.807) is 18.5 Å². The number of hydrogen-bond acceptors (Lipinski definition) is 4. The molecule has 4 nitrogen and oxygen atoms in total. The zero-order valence-corrected chi connectivity index (χ0v) is 10.0. The fraction of sp³-hybridized carbons (Fsp3) is 0.333. The fourth-order valence-corrected chi connectivity index (χ4v) is 1.63. The van der Waals surface area contributed by atoms with Crippen LogP contribution in [0.4, 0.5) is 5.69 Å². The summed E-state index contributed by atoms with van der Waals surface area (Å²) in [4.78, 5) is 4.33. The van der Waals surface area contributed by atoms with Gasteiger partial charge in [0.05, 0.1) is 5.69 Å². The SMILES string of the molecule is CS(=O)CCNc1cccnc1C(N)=S. The van der Waals surface area contributed by atoms with Crippen molar-refractivity contribution in [3.8, 4) is 0 Å². The highest BCUT2D eigenvalue weighted by Gasteiger charge is 2.04. The van der Waals surface area contributed by atoms with E-state index in [4.69, 9.17) is 18.0 Å². The quantitative estimate of drug-likeness (QED) is 0.737. The summed E-state index contributed by atoms with van der Waals surface area (Å²) < 4.78 is 10.9. The van der Waals surface area contributed by atoms with E-state index >= 15 is 0 Å². The number of nitrogens with zero attached hydrogens (tertiary/aromatic N) is 1. The highest BCUT2D eigenvalue weighted by Crippen LogP contribution is 2.11.